The lowest BCUT2D eigenvalue weighted by Gasteiger charge is -2.05. The molecular formula is C15H11ClN2OS. The van der Waals surface area contributed by atoms with E-state index < -0.39 is 0 Å². The molecule has 0 spiro atoms. The highest BCUT2D eigenvalue weighted by Crippen LogP contribution is 2.22. The van der Waals surface area contributed by atoms with Gasteiger partial charge in [-0.15, -0.1) is 0 Å². The monoisotopic (exact) mass is 302 g/mol. The summed E-state index contributed by atoms with van der Waals surface area (Å²) in [5, 5.41) is 4.39. The number of benzene rings is 2. The number of halogens is 1. The Morgan fingerprint density at radius 2 is 1.90 bits per heavy atom. The van der Waals surface area contributed by atoms with E-state index >= 15 is 0 Å². The van der Waals surface area contributed by atoms with Gasteiger partial charge in [-0.3, -0.25) is 4.79 Å². The van der Waals surface area contributed by atoms with Crippen LogP contribution in [0.1, 0.15) is 16.1 Å². The minimum Gasteiger partial charge on any atom is -0.347 e. The zero-order valence-corrected chi connectivity index (χ0v) is 12.0. The molecule has 0 aliphatic heterocycles. The van der Waals surface area contributed by atoms with E-state index in [4.69, 9.17) is 11.6 Å². The first kappa shape index (κ1) is 13.1. The Morgan fingerprint density at radius 3 is 2.75 bits per heavy atom. The Hall–Kier alpha value is -1.91. The zero-order valence-electron chi connectivity index (χ0n) is 10.5. The Bertz CT molecular complexity index is 769. The van der Waals surface area contributed by atoms with Gasteiger partial charge in [-0.25, -0.2) is 0 Å². The van der Waals surface area contributed by atoms with E-state index in [1.165, 1.54) is 11.5 Å². The van der Waals surface area contributed by atoms with Crippen LogP contribution in [0.3, 0.4) is 0 Å². The number of fused-ring (bicyclic) bond motifs is 1. The highest BCUT2D eigenvalue weighted by molar-refractivity contribution is 7.13. The van der Waals surface area contributed by atoms with Crippen molar-refractivity contribution in [1.29, 1.82) is 0 Å². The molecule has 0 atom stereocenters. The van der Waals surface area contributed by atoms with Crippen LogP contribution in [-0.2, 0) is 6.54 Å². The standard InChI is InChI=1S/C15H11ClN2OS/c16-12-7-3-1-5-10(12)9-17-15(19)14-11-6-2-4-8-13(11)20-18-14/h1-8H,9H2,(H,17,19). The lowest BCUT2D eigenvalue weighted by Crippen LogP contribution is -2.23. The van der Waals surface area contributed by atoms with Gasteiger partial charge in [0.25, 0.3) is 5.91 Å². The predicted molar refractivity (Wildman–Crippen MR) is 82.2 cm³/mol. The van der Waals surface area contributed by atoms with Crippen LogP contribution in [0.5, 0.6) is 0 Å². The molecule has 0 saturated heterocycles. The number of nitrogens with zero attached hydrogens (tertiary/aromatic N) is 1. The van der Waals surface area contributed by atoms with Gasteiger partial charge in [0.05, 0.1) is 4.70 Å². The molecule has 5 heteroatoms. The molecule has 3 aromatic rings. The second-order valence-corrected chi connectivity index (χ2v) is 5.51. The summed E-state index contributed by atoms with van der Waals surface area (Å²) >= 11 is 7.39. The fraction of sp³-hybridized carbons (Fsp3) is 0.0667. The van der Waals surface area contributed by atoms with Crippen LogP contribution in [0.2, 0.25) is 5.02 Å². The molecule has 3 rings (SSSR count). The number of hydrogen-bond donors (Lipinski definition) is 1. The van der Waals surface area contributed by atoms with Crippen molar-refractivity contribution in [3.05, 3.63) is 64.8 Å². The first-order valence-corrected chi connectivity index (χ1v) is 7.27. The lowest BCUT2D eigenvalue weighted by molar-refractivity contribution is 0.0949. The van der Waals surface area contributed by atoms with Crippen molar-refractivity contribution in [3.8, 4) is 0 Å². The molecule has 0 saturated carbocycles. The van der Waals surface area contributed by atoms with Gasteiger partial charge in [0, 0.05) is 17.0 Å². The summed E-state index contributed by atoms with van der Waals surface area (Å²) in [6.45, 7) is 0.393. The molecule has 3 nitrogen and oxygen atoms in total. The molecule has 0 unspecified atom stereocenters. The van der Waals surface area contributed by atoms with Gasteiger partial charge in [0.15, 0.2) is 0 Å². The van der Waals surface area contributed by atoms with E-state index in [-0.39, 0.29) is 5.91 Å². The molecule has 1 heterocycles. The number of rotatable bonds is 3. The summed E-state index contributed by atoms with van der Waals surface area (Å²) < 4.78 is 5.24. The maximum Gasteiger partial charge on any atom is 0.271 e. The third-order valence-corrected chi connectivity index (χ3v) is 4.19. The maximum atomic E-state index is 12.2. The van der Waals surface area contributed by atoms with Gasteiger partial charge in [-0.1, -0.05) is 48.0 Å². The Morgan fingerprint density at radius 1 is 1.15 bits per heavy atom. The van der Waals surface area contributed by atoms with Crippen LogP contribution in [0, 0.1) is 0 Å². The summed E-state index contributed by atoms with van der Waals surface area (Å²) in [6, 6.07) is 15.2. The molecule has 0 aliphatic rings. The van der Waals surface area contributed by atoms with Crippen molar-refractivity contribution in [2.75, 3.05) is 0 Å². The van der Waals surface area contributed by atoms with Crippen molar-refractivity contribution >= 4 is 39.1 Å². The number of aromatic nitrogens is 1. The van der Waals surface area contributed by atoms with Gasteiger partial charge < -0.3 is 5.32 Å². The topological polar surface area (TPSA) is 42.0 Å². The van der Waals surface area contributed by atoms with E-state index in [0.29, 0.717) is 17.3 Å². The Balaban J connectivity index is 1.79. The van der Waals surface area contributed by atoms with Crippen LogP contribution in [0.4, 0.5) is 0 Å². The molecule has 1 N–H and O–H groups in total. The average molecular weight is 303 g/mol. The maximum absolute atomic E-state index is 12.2. The van der Waals surface area contributed by atoms with E-state index in [2.05, 4.69) is 9.69 Å². The van der Waals surface area contributed by atoms with Crippen molar-refractivity contribution in [1.82, 2.24) is 9.69 Å². The molecular weight excluding hydrogens is 292 g/mol. The van der Waals surface area contributed by atoms with Crippen molar-refractivity contribution < 1.29 is 4.79 Å². The van der Waals surface area contributed by atoms with Crippen LogP contribution >= 0.6 is 23.1 Å². The summed E-state index contributed by atoms with van der Waals surface area (Å²) in [5.41, 5.74) is 1.36. The van der Waals surface area contributed by atoms with Gasteiger partial charge >= 0.3 is 0 Å². The third kappa shape index (κ3) is 2.53. The highest BCUT2D eigenvalue weighted by Gasteiger charge is 2.13. The quantitative estimate of drug-likeness (QED) is 0.798. The molecule has 100 valence electrons. The van der Waals surface area contributed by atoms with Crippen LogP contribution in [0.15, 0.2) is 48.5 Å². The first-order valence-electron chi connectivity index (χ1n) is 6.12. The molecule has 1 aromatic heterocycles. The smallest absolute Gasteiger partial charge is 0.271 e. The summed E-state index contributed by atoms with van der Waals surface area (Å²) in [7, 11) is 0. The van der Waals surface area contributed by atoms with Crippen molar-refractivity contribution in [2.24, 2.45) is 0 Å². The zero-order chi connectivity index (χ0) is 13.9. The SMILES string of the molecule is O=C(NCc1ccccc1Cl)c1nsc2ccccc12. The number of amides is 1. The van der Waals surface area contributed by atoms with E-state index in [1.54, 1.807) is 6.07 Å². The van der Waals surface area contributed by atoms with E-state index in [1.807, 2.05) is 42.5 Å². The summed E-state index contributed by atoms with van der Waals surface area (Å²) in [6.07, 6.45) is 0. The van der Waals surface area contributed by atoms with Gasteiger partial charge in [0.2, 0.25) is 0 Å². The van der Waals surface area contributed by atoms with Crippen molar-refractivity contribution in [2.45, 2.75) is 6.54 Å². The predicted octanol–water partition coefficient (Wildman–Crippen LogP) is 3.88. The lowest BCUT2D eigenvalue weighted by atomic mass is 10.2. The van der Waals surface area contributed by atoms with Crippen LogP contribution in [-0.4, -0.2) is 10.3 Å². The third-order valence-electron chi connectivity index (χ3n) is 2.99. The Labute approximate surface area is 125 Å². The van der Waals surface area contributed by atoms with Crippen LogP contribution < -0.4 is 5.32 Å². The van der Waals surface area contributed by atoms with Gasteiger partial charge in [-0.2, -0.15) is 4.37 Å². The molecule has 0 bridgehead atoms. The number of nitrogens with one attached hydrogen (secondary N) is 1. The normalized spacial score (nSPS) is 10.7. The minimum absolute atomic E-state index is 0.178. The first-order chi connectivity index (χ1) is 9.75. The molecule has 0 aliphatic carbocycles. The Kier molecular flexibility index (Phi) is 3.67. The number of hydrogen-bond acceptors (Lipinski definition) is 3. The molecule has 1 amide bonds. The molecule has 0 fully saturated rings. The largest absolute Gasteiger partial charge is 0.347 e. The average Bonchev–Trinajstić information content (AvgIpc) is 2.90. The van der Waals surface area contributed by atoms with E-state index in [9.17, 15) is 4.79 Å². The summed E-state index contributed by atoms with van der Waals surface area (Å²) in [4.78, 5) is 12.2. The fourth-order valence-corrected chi connectivity index (χ4v) is 2.93. The molecule has 2 aromatic carbocycles. The van der Waals surface area contributed by atoms with Gasteiger partial charge in [0.1, 0.15) is 5.69 Å². The van der Waals surface area contributed by atoms with Crippen LogP contribution in [0.25, 0.3) is 10.1 Å². The van der Waals surface area contributed by atoms with Crippen molar-refractivity contribution in [3.63, 3.8) is 0 Å². The second-order valence-electron chi connectivity index (χ2n) is 4.30. The summed E-state index contributed by atoms with van der Waals surface area (Å²) in [5.74, 6) is -0.178. The fourth-order valence-electron chi connectivity index (χ4n) is 1.95. The second kappa shape index (κ2) is 5.61. The molecule has 20 heavy (non-hydrogen) atoms. The minimum atomic E-state index is -0.178. The van der Waals surface area contributed by atoms with E-state index in [0.717, 1.165) is 15.6 Å². The number of carbonyl (C=O) groups is 1. The highest BCUT2D eigenvalue weighted by atomic mass is 35.5. The van der Waals surface area contributed by atoms with Gasteiger partial charge in [-0.05, 0) is 29.2 Å². The number of carbonyl (C=O) groups excluding carboxylic acids is 1. The molecule has 0 radical (unpaired) electrons.